The Kier molecular flexibility index (Phi) is 4.53. The molecule has 1 heterocycles. The maximum atomic E-state index is 5.91. The van der Waals surface area contributed by atoms with E-state index in [4.69, 9.17) is 15.2 Å². The first-order valence-electron chi connectivity index (χ1n) is 7.00. The van der Waals surface area contributed by atoms with Crippen molar-refractivity contribution in [1.82, 2.24) is 0 Å². The van der Waals surface area contributed by atoms with Crippen LogP contribution in [0.4, 0.5) is 11.4 Å². The van der Waals surface area contributed by atoms with Crippen molar-refractivity contribution in [3.05, 3.63) is 18.2 Å². The van der Waals surface area contributed by atoms with E-state index in [9.17, 15) is 0 Å². The number of hydrogen-bond donors (Lipinski definition) is 2. The summed E-state index contributed by atoms with van der Waals surface area (Å²) in [6.07, 6.45) is 2.70. The van der Waals surface area contributed by atoms with Crippen molar-refractivity contribution in [3.63, 3.8) is 0 Å². The van der Waals surface area contributed by atoms with Crippen molar-refractivity contribution >= 4 is 11.4 Å². The molecule has 0 spiro atoms. The van der Waals surface area contributed by atoms with Crippen LogP contribution < -0.4 is 15.8 Å². The van der Waals surface area contributed by atoms with E-state index in [0.29, 0.717) is 5.69 Å². The SMILES string of the molecule is CC(C)Oc1cc(N)cc(NC(C)C2CCCO2)c1. The highest BCUT2D eigenvalue weighted by atomic mass is 16.5. The van der Waals surface area contributed by atoms with Crippen molar-refractivity contribution in [2.24, 2.45) is 0 Å². The second-order valence-electron chi connectivity index (χ2n) is 5.44. The van der Waals surface area contributed by atoms with Gasteiger partial charge in [0.05, 0.1) is 12.2 Å². The van der Waals surface area contributed by atoms with Gasteiger partial charge in [0.25, 0.3) is 0 Å². The fourth-order valence-electron chi connectivity index (χ4n) is 2.40. The molecular formula is C15H24N2O2. The Morgan fingerprint density at radius 3 is 2.74 bits per heavy atom. The lowest BCUT2D eigenvalue weighted by atomic mass is 10.1. The van der Waals surface area contributed by atoms with E-state index in [-0.39, 0.29) is 18.2 Å². The fraction of sp³-hybridized carbons (Fsp3) is 0.600. The zero-order valence-corrected chi connectivity index (χ0v) is 12.0. The van der Waals surface area contributed by atoms with Gasteiger partial charge in [-0.1, -0.05) is 0 Å². The third-order valence-electron chi connectivity index (χ3n) is 3.22. The lowest BCUT2D eigenvalue weighted by molar-refractivity contribution is 0.0996. The van der Waals surface area contributed by atoms with E-state index >= 15 is 0 Å². The minimum atomic E-state index is 0.144. The first-order valence-corrected chi connectivity index (χ1v) is 7.00. The van der Waals surface area contributed by atoms with Crippen molar-refractivity contribution in [2.75, 3.05) is 17.7 Å². The van der Waals surface area contributed by atoms with Crippen LogP contribution in [0.2, 0.25) is 0 Å². The van der Waals surface area contributed by atoms with Gasteiger partial charge in [-0.25, -0.2) is 0 Å². The molecule has 0 saturated carbocycles. The molecule has 4 heteroatoms. The lowest BCUT2D eigenvalue weighted by Gasteiger charge is -2.22. The highest BCUT2D eigenvalue weighted by Gasteiger charge is 2.22. The molecule has 4 nitrogen and oxygen atoms in total. The van der Waals surface area contributed by atoms with Crippen LogP contribution in [0.3, 0.4) is 0 Å². The molecule has 1 aliphatic rings. The molecule has 1 fully saturated rings. The minimum Gasteiger partial charge on any atom is -0.491 e. The van der Waals surface area contributed by atoms with Crippen LogP contribution >= 0.6 is 0 Å². The predicted molar refractivity (Wildman–Crippen MR) is 78.7 cm³/mol. The van der Waals surface area contributed by atoms with E-state index in [1.54, 1.807) is 0 Å². The van der Waals surface area contributed by atoms with Crippen molar-refractivity contribution in [2.45, 2.75) is 51.9 Å². The van der Waals surface area contributed by atoms with E-state index in [1.165, 1.54) is 0 Å². The van der Waals surface area contributed by atoms with Gasteiger partial charge in [-0.15, -0.1) is 0 Å². The Hall–Kier alpha value is -1.42. The summed E-state index contributed by atoms with van der Waals surface area (Å²) in [6.45, 7) is 7.02. The number of rotatable bonds is 5. The largest absolute Gasteiger partial charge is 0.491 e. The smallest absolute Gasteiger partial charge is 0.123 e. The quantitative estimate of drug-likeness (QED) is 0.803. The van der Waals surface area contributed by atoms with Crippen LogP contribution in [0, 0.1) is 0 Å². The van der Waals surface area contributed by atoms with Gasteiger partial charge < -0.3 is 20.5 Å². The van der Waals surface area contributed by atoms with Crippen LogP contribution in [0.1, 0.15) is 33.6 Å². The summed E-state index contributed by atoms with van der Waals surface area (Å²) in [4.78, 5) is 0. The van der Waals surface area contributed by atoms with Crippen molar-refractivity contribution < 1.29 is 9.47 Å². The summed E-state index contributed by atoms with van der Waals surface area (Å²) in [5, 5.41) is 3.45. The van der Waals surface area contributed by atoms with Crippen molar-refractivity contribution in [1.29, 1.82) is 0 Å². The van der Waals surface area contributed by atoms with Gasteiger partial charge in [-0.2, -0.15) is 0 Å². The summed E-state index contributed by atoms with van der Waals surface area (Å²) < 4.78 is 11.4. The van der Waals surface area contributed by atoms with E-state index in [1.807, 2.05) is 32.0 Å². The van der Waals surface area contributed by atoms with Crippen LogP contribution in [0.25, 0.3) is 0 Å². The Bertz CT molecular complexity index is 415. The van der Waals surface area contributed by atoms with Gasteiger partial charge in [0.1, 0.15) is 5.75 Å². The summed E-state index contributed by atoms with van der Waals surface area (Å²) in [5.41, 5.74) is 7.61. The molecular weight excluding hydrogens is 240 g/mol. The number of nitrogens with one attached hydrogen (secondary N) is 1. The Labute approximate surface area is 115 Å². The summed E-state index contributed by atoms with van der Waals surface area (Å²) >= 11 is 0. The normalized spacial score (nSPS) is 20.5. The third-order valence-corrected chi connectivity index (χ3v) is 3.22. The summed E-state index contributed by atoms with van der Waals surface area (Å²) in [6, 6.07) is 6.04. The molecule has 106 valence electrons. The molecule has 1 aromatic rings. The first kappa shape index (κ1) is 14.0. The fourth-order valence-corrected chi connectivity index (χ4v) is 2.40. The number of nitrogens with two attached hydrogens (primary N) is 1. The molecule has 2 rings (SSSR count). The molecule has 0 amide bonds. The molecule has 1 aromatic carbocycles. The standard InChI is InChI=1S/C15H24N2O2/c1-10(2)19-14-8-12(16)7-13(9-14)17-11(3)15-5-4-6-18-15/h7-11,15,17H,4-6,16H2,1-3H3. The molecule has 1 aliphatic heterocycles. The zero-order chi connectivity index (χ0) is 13.8. The Balaban J connectivity index is 2.04. The molecule has 0 bridgehead atoms. The van der Waals surface area contributed by atoms with E-state index < -0.39 is 0 Å². The maximum absolute atomic E-state index is 5.91. The zero-order valence-electron chi connectivity index (χ0n) is 12.0. The molecule has 0 aliphatic carbocycles. The molecule has 0 aromatic heterocycles. The van der Waals surface area contributed by atoms with Gasteiger partial charge in [-0.05, 0) is 39.7 Å². The first-order chi connectivity index (χ1) is 9.04. The number of benzene rings is 1. The molecule has 2 unspecified atom stereocenters. The van der Waals surface area contributed by atoms with Crippen LogP contribution in [-0.2, 0) is 4.74 Å². The van der Waals surface area contributed by atoms with Gasteiger partial charge in [-0.3, -0.25) is 0 Å². The highest BCUT2D eigenvalue weighted by Crippen LogP contribution is 2.25. The third kappa shape index (κ3) is 4.03. The number of hydrogen-bond acceptors (Lipinski definition) is 4. The molecule has 19 heavy (non-hydrogen) atoms. The Morgan fingerprint density at radius 2 is 2.11 bits per heavy atom. The van der Waals surface area contributed by atoms with E-state index in [0.717, 1.165) is 30.9 Å². The van der Waals surface area contributed by atoms with Crippen LogP contribution in [-0.4, -0.2) is 24.9 Å². The van der Waals surface area contributed by atoms with Crippen LogP contribution in [0.15, 0.2) is 18.2 Å². The summed E-state index contributed by atoms with van der Waals surface area (Å²) in [7, 11) is 0. The molecule has 3 N–H and O–H groups in total. The second kappa shape index (κ2) is 6.15. The lowest BCUT2D eigenvalue weighted by Crippen LogP contribution is -2.30. The average Bonchev–Trinajstić information content (AvgIpc) is 2.79. The predicted octanol–water partition coefficient (Wildman–Crippen LogP) is 3.04. The Morgan fingerprint density at radius 1 is 1.32 bits per heavy atom. The van der Waals surface area contributed by atoms with Crippen molar-refractivity contribution in [3.8, 4) is 5.75 Å². The molecule has 2 atom stereocenters. The van der Waals surface area contributed by atoms with Crippen LogP contribution in [0.5, 0.6) is 5.75 Å². The monoisotopic (exact) mass is 264 g/mol. The number of ether oxygens (including phenoxy) is 2. The number of anilines is 2. The van der Waals surface area contributed by atoms with Gasteiger partial charge in [0.2, 0.25) is 0 Å². The second-order valence-corrected chi connectivity index (χ2v) is 5.44. The minimum absolute atomic E-state index is 0.144. The molecule has 0 radical (unpaired) electrons. The maximum Gasteiger partial charge on any atom is 0.123 e. The van der Waals surface area contributed by atoms with Gasteiger partial charge in [0.15, 0.2) is 0 Å². The van der Waals surface area contributed by atoms with Gasteiger partial charge in [0, 0.05) is 36.2 Å². The average molecular weight is 264 g/mol. The topological polar surface area (TPSA) is 56.5 Å². The number of nitrogen functional groups attached to an aromatic ring is 1. The van der Waals surface area contributed by atoms with Gasteiger partial charge >= 0.3 is 0 Å². The highest BCUT2D eigenvalue weighted by molar-refractivity contribution is 5.59. The summed E-state index contributed by atoms with van der Waals surface area (Å²) in [5.74, 6) is 0.803. The van der Waals surface area contributed by atoms with E-state index in [2.05, 4.69) is 12.2 Å². The molecule has 1 saturated heterocycles.